The zero-order chi connectivity index (χ0) is 14.0. The van der Waals surface area contributed by atoms with Crippen LogP contribution in [0.25, 0.3) is 0 Å². The predicted molar refractivity (Wildman–Crippen MR) is 70.4 cm³/mol. The normalized spacial score (nSPS) is 11.2. The van der Waals surface area contributed by atoms with Gasteiger partial charge in [0.2, 0.25) is 0 Å². The van der Waals surface area contributed by atoms with E-state index < -0.39 is 14.9 Å². The number of sulfonamides is 1. The molecule has 0 unspecified atom stereocenters. The molecule has 0 radical (unpaired) electrons. The van der Waals surface area contributed by atoms with Crippen LogP contribution in [0.4, 0.5) is 16.5 Å². The Morgan fingerprint density at radius 2 is 2.16 bits per heavy atom. The number of rotatable bonds is 4. The molecule has 1 aromatic carbocycles. The first-order chi connectivity index (χ1) is 8.90. The van der Waals surface area contributed by atoms with Crippen molar-refractivity contribution in [1.29, 1.82) is 0 Å². The second-order valence-corrected chi connectivity index (χ2v) is 6.00. The van der Waals surface area contributed by atoms with Gasteiger partial charge in [0.15, 0.2) is 5.13 Å². The number of thiazole rings is 1. The van der Waals surface area contributed by atoms with Crippen molar-refractivity contribution < 1.29 is 13.3 Å². The van der Waals surface area contributed by atoms with Crippen molar-refractivity contribution in [3.05, 3.63) is 39.9 Å². The van der Waals surface area contributed by atoms with Crippen LogP contribution in [0.5, 0.6) is 0 Å². The summed E-state index contributed by atoms with van der Waals surface area (Å²) in [6.45, 7) is 0. The second kappa shape index (κ2) is 4.82. The van der Waals surface area contributed by atoms with Crippen LogP contribution < -0.4 is 10.5 Å². The maximum Gasteiger partial charge on any atom is 0.292 e. The van der Waals surface area contributed by atoms with Crippen LogP contribution in [-0.4, -0.2) is 18.3 Å². The van der Waals surface area contributed by atoms with Gasteiger partial charge in [0, 0.05) is 17.6 Å². The van der Waals surface area contributed by atoms with Gasteiger partial charge in [0.25, 0.3) is 15.7 Å². The number of nitro groups is 1. The SMILES string of the molecule is Nc1cc(S(=O)(=O)Nc2nccs2)ccc1[N+](=O)[O-]. The highest BCUT2D eigenvalue weighted by Crippen LogP contribution is 2.25. The van der Waals surface area contributed by atoms with Crippen molar-refractivity contribution in [3.63, 3.8) is 0 Å². The molecule has 8 nitrogen and oxygen atoms in total. The summed E-state index contributed by atoms with van der Waals surface area (Å²) in [6.07, 6.45) is 1.45. The smallest absolute Gasteiger partial charge is 0.292 e. The van der Waals surface area contributed by atoms with Crippen molar-refractivity contribution in [1.82, 2.24) is 4.98 Å². The molecule has 2 aromatic rings. The van der Waals surface area contributed by atoms with Crippen LogP contribution in [0, 0.1) is 10.1 Å². The Kier molecular flexibility index (Phi) is 3.36. The second-order valence-electron chi connectivity index (χ2n) is 3.42. The highest BCUT2D eigenvalue weighted by molar-refractivity contribution is 7.93. The molecule has 0 fully saturated rings. The van der Waals surface area contributed by atoms with E-state index in [0.717, 1.165) is 29.5 Å². The molecular formula is C9H8N4O4S2. The summed E-state index contributed by atoms with van der Waals surface area (Å²) in [6, 6.07) is 3.20. The molecule has 0 aliphatic heterocycles. The van der Waals surface area contributed by atoms with Crippen molar-refractivity contribution >= 4 is 37.9 Å². The van der Waals surface area contributed by atoms with Crippen molar-refractivity contribution in [3.8, 4) is 0 Å². The molecule has 0 saturated heterocycles. The molecule has 10 heteroatoms. The van der Waals surface area contributed by atoms with Gasteiger partial charge in [0.1, 0.15) is 5.69 Å². The van der Waals surface area contributed by atoms with Gasteiger partial charge in [-0.2, -0.15) is 0 Å². The van der Waals surface area contributed by atoms with E-state index in [1.54, 1.807) is 5.38 Å². The summed E-state index contributed by atoms with van der Waals surface area (Å²) in [7, 11) is -3.85. The van der Waals surface area contributed by atoms with Gasteiger partial charge in [-0.25, -0.2) is 13.4 Å². The topological polar surface area (TPSA) is 128 Å². The van der Waals surface area contributed by atoms with Gasteiger partial charge in [-0.15, -0.1) is 11.3 Å². The highest BCUT2D eigenvalue weighted by Gasteiger charge is 2.19. The standard InChI is InChI=1S/C9H8N4O4S2/c10-7-5-6(1-2-8(7)13(14)15)19(16,17)12-9-11-3-4-18-9/h1-5H,10H2,(H,11,12). The van der Waals surface area contributed by atoms with E-state index in [1.165, 1.54) is 6.20 Å². The number of nitrogens with one attached hydrogen (secondary N) is 1. The van der Waals surface area contributed by atoms with E-state index in [0.29, 0.717) is 0 Å². The number of nitrogens with two attached hydrogens (primary N) is 1. The summed E-state index contributed by atoms with van der Waals surface area (Å²) in [4.78, 5) is 13.5. The molecule has 1 aromatic heterocycles. The Morgan fingerprint density at radius 3 is 2.68 bits per heavy atom. The molecule has 100 valence electrons. The third-order valence-electron chi connectivity index (χ3n) is 2.16. The van der Waals surface area contributed by atoms with E-state index in [4.69, 9.17) is 5.73 Å². The fraction of sp³-hybridized carbons (Fsp3) is 0. The average Bonchev–Trinajstić information content (AvgIpc) is 2.80. The van der Waals surface area contributed by atoms with Crippen LogP contribution in [-0.2, 0) is 10.0 Å². The third kappa shape index (κ3) is 2.80. The number of hydrogen-bond donors (Lipinski definition) is 2. The molecule has 0 aliphatic rings. The lowest BCUT2D eigenvalue weighted by Gasteiger charge is -2.06. The largest absolute Gasteiger partial charge is 0.393 e. The van der Waals surface area contributed by atoms with Gasteiger partial charge in [-0.3, -0.25) is 14.8 Å². The number of anilines is 2. The molecular weight excluding hydrogens is 292 g/mol. The fourth-order valence-corrected chi connectivity index (χ4v) is 3.14. The van der Waals surface area contributed by atoms with Crippen molar-refractivity contribution in [2.75, 3.05) is 10.5 Å². The zero-order valence-electron chi connectivity index (χ0n) is 9.31. The summed E-state index contributed by atoms with van der Waals surface area (Å²) >= 11 is 1.12. The lowest BCUT2D eigenvalue weighted by molar-refractivity contribution is -0.383. The third-order valence-corrected chi connectivity index (χ3v) is 4.31. The number of aromatic nitrogens is 1. The van der Waals surface area contributed by atoms with Crippen molar-refractivity contribution in [2.24, 2.45) is 0 Å². The van der Waals surface area contributed by atoms with Crippen LogP contribution >= 0.6 is 11.3 Å². The van der Waals surface area contributed by atoms with Crippen LogP contribution in [0.15, 0.2) is 34.7 Å². The molecule has 0 aliphatic carbocycles. The number of nitrogen functional groups attached to an aromatic ring is 1. The average molecular weight is 300 g/mol. The molecule has 0 saturated carbocycles. The van der Waals surface area contributed by atoms with Crippen molar-refractivity contribution in [2.45, 2.75) is 4.90 Å². The van der Waals surface area contributed by atoms with Crippen LogP contribution in [0.3, 0.4) is 0 Å². The summed E-state index contributed by atoms with van der Waals surface area (Å²) in [5.41, 5.74) is 4.89. The van der Waals surface area contributed by atoms with Gasteiger partial charge in [0.05, 0.1) is 9.82 Å². The minimum atomic E-state index is -3.85. The van der Waals surface area contributed by atoms with Gasteiger partial charge in [-0.05, 0) is 12.1 Å². The van der Waals surface area contributed by atoms with Crippen LogP contribution in [0.2, 0.25) is 0 Å². The first-order valence-corrected chi connectivity index (χ1v) is 7.22. The quantitative estimate of drug-likeness (QED) is 0.499. The maximum absolute atomic E-state index is 12.0. The minimum absolute atomic E-state index is 0.161. The van der Waals surface area contributed by atoms with Gasteiger partial charge < -0.3 is 5.73 Å². The lowest BCUT2D eigenvalue weighted by atomic mass is 10.3. The van der Waals surface area contributed by atoms with Gasteiger partial charge in [-0.1, -0.05) is 0 Å². The first kappa shape index (κ1) is 13.2. The predicted octanol–water partition coefficient (Wildman–Crippen LogP) is 1.43. The Hall–Kier alpha value is -2.20. The molecule has 0 spiro atoms. The molecule has 2 rings (SSSR count). The Labute approximate surface area is 112 Å². The van der Waals surface area contributed by atoms with E-state index in [-0.39, 0.29) is 21.4 Å². The molecule has 19 heavy (non-hydrogen) atoms. The minimum Gasteiger partial charge on any atom is -0.393 e. The van der Waals surface area contributed by atoms with E-state index in [2.05, 4.69) is 9.71 Å². The zero-order valence-corrected chi connectivity index (χ0v) is 10.9. The molecule has 0 bridgehead atoms. The molecule has 1 heterocycles. The molecule has 0 amide bonds. The molecule has 0 atom stereocenters. The van der Waals surface area contributed by atoms with E-state index in [9.17, 15) is 18.5 Å². The van der Waals surface area contributed by atoms with E-state index >= 15 is 0 Å². The first-order valence-electron chi connectivity index (χ1n) is 4.86. The fourth-order valence-electron chi connectivity index (χ4n) is 1.31. The molecule has 3 N–H and O–H groups in total. The maximum atomic E-state index is 12.0. The Balaban J connectivity index is 2.36. The number of hydrogen-bond acceptors (Lipinski definition) is 7. The summed E-state index contributed by atoms with van der Waals surface area (Å²) < 4.78 is 26.2. The lowest BCUT2D eigenvalue weighted by Crippen LogP contribution is -2.13. The summed E-state index contributed by atoms with van der Waals surface area (Å²) in [5, 5.41) is 12.4. The number of nitro benzene ring substituents is 1. The highest BCUT2D eigenvalue weighted by atomic mass is 32.2. The number of nitrogens with zero attached hydrogens (tertiary/aromatic N) is 2. The van der Waals surface area contributed by atoms with E-state index in [1.807, 2.05) is 0 Å². The van der Waals surface area contributed by atoms with Gasteiger partial charge >= 0.3 is 0 Å². The Bertz CT molecular complexity index is 712. The van der Waals surface area contributed by atoms with Crippen LogP contribution in [0.1, 0.15) is 0 Å². The monoisotopic (exact) mass is 300 g/mol. The number of benzene rings is 1. The Morgan fingerprint density at radius 1 is 1.42 bits per heavy atom. The summed E-state index contributed by atoms with van der Waals surface area (Å²) in [5.74, 6) is 0.